The molecule has 0 saturated carbocycles. The predicted octanol–water partition coefficient (Wildman–Crippen LogP) is 7.72. The molecule has 3 aromatic rings. The number of hydrogen-bond acceptors (Lipinski definition) is 0. The molecule has 0 amide bonds. The van der Waals surface area contributed by atoms with Crippen LogP contribution in [0.15, 0.2) is 84.5 Å². The standard InChI is InChI=1S/C28H26/c1-19-17-27-25(23-11-7-8-12-26(23)28(27,2)3)18-24(19)22-15-13-21(14-16-22)20-9-5-4-6-10-20/h4-6,9-18H,7-8H2,1-3H3. The Morgan fingerprint density at radius 3 is 2.07 bits per heavy atom. The van der Waals surface area contributed by atoms with Gasteiger partial charge in [0.2, 0.25) is 0 Å². The van der Waals surface area contributed by atoms with Gasteiger partial charge in [-0.15, -0.1) is 0 Å². The second kappa shape index (κ2) is 6.34. The van der Waals surface area contributed by atoms with E-state index in [1.165, 1.54) is 56.5 Å². The molecule has 0 bridgehead atoms. The highest BCUT2D eigenvalue weighted by molar-refractivity contribution is 5.92. The third-order valence-corrected chi connectivity index (χ3v) is 6.46. The molecule has 0 nitrogen and oxygen atoms in total. The summed E-state index contributed by atoms with van der Waals surface area (Å²) in [6.07, 6.45) is 7.23. The number of rotatable bonds is 2. The topological polar surface area (TPSA) is 0 Å². The first-order valence-corrected chi connectivity index (χ1v) is 10.3. The van der Waals surface area contributed by atoms with Gasteiger partial charge in [-0.2, -0.15) is 0 Å². The molecule has 0 unspecified atom stereocenters. The summed E-state index contributed by atoms with van der Waals surface area (Å²) in [6.45, 7) is 7.00. The van der Waals surface area contributed by atoms with E-state index >= 15 is 0 Å². The van der Waals surface area contributed by atoms with E-state index in [-0.39, 0.29) is 5.41 Å². The molecule has 0 N–H and O–H groups in total. The van der Waals surface area contributed by atoms with Crippen molar-refractivity contribution in [3.8, 4) is 22.3 Å². The first kappa shape index (κ1) is 17.3. The van der Waals surface area contributed by atoms with E-state index in [1.807, 2.05) is 0 Å². The summed E-state index contributed by atoms with van der Waals surface area (Å²) < 4.78 is 0. The molecule has 0 saturated heterocycles. The minimum Gasteiger partial charge on any atom is -0.0795 e. The SMILES string of the molecule is Cc1cc2c(cc1-c1ccc(-c3ccccc3)cc1)C1=CCCC=C1C2(C)C. The quantitative estimate of drug-likeness (QED) is 0.437. The summed E-state index contributed by atoms with van der Waals surface area (Å²) in [6, 6.07) is 24.5. The lowest BCUT2D eigenvalue weighted by Gasteiger charge is -2.24. The molecule has 2 aliphatic rings. The summed E-state index contributed by atoms with van der Waals surface area (Å²) in [7, 11) is 0. The molecule has 0 radical (unpaired) electrons. The smallest absolute Gasteiger partial charge is 0.0155 e. The van der Waals surface area contributed by atoms with E-state index in [0.29, 0.717) is 0 Å². The van der Waals surface area contributed by atoms with Crippen molar-refractivity contribution >= 4 is 5.57 Å². The highest BCUT2D eigenvalue weighted by atomic mass is 14.4. The average Bonchev–Trinajstić information content (AvgIpc) is 2.95. The van der Waals surface area contributed by atoms with Gasteiger partial charge in [-0.1, -0.05) is 86.7 Å². The van der Waals surface area contributed by atoms with Gasteiger partial charge in [0, 0.05) is 5.41 Å². The highest BCUT2D eigenvalue weighted by Gasteiger charge is 2.38. The van der Waals surface area contributed by atoms with Gasteiger partial charge in [-0.3, -0.25) is 0 Å². The molecular weight excluding hydrogens is 336 g/mol. The Morgan fingerprint density at radius 2 is 1.32 bits per heavy atom. The molecule has 3 aromatic carbocycles. The van der Waals surface area contributed by atoms with Crippen molar-refractivity contribution in [2.45, 2.75) is 39.0 Å². The van der Waals surface area contributed by atoms with Gasteiger partial charge in [0.15, 0.2) is 0 Å². The molecule has 138 valence electrons. The summed E-state index contributed by atoms with van der Waals surface area (Å²) in [5, 5.41) is 0. The fourth-order valence-electron chi connectivity index (χ4n) is 4.90. The van der Waals surface area contributed by atoms with Gasteiger partial charge in [-0.25, -0.2) is 0 Å². The molecule has 0 fully saturated rings. The monoisotopic (exact) mass is 362 g/mol. The average molecular weight is 363 g/mol. The van der Waals surface area contributed by atoms with Crippen LogP contribution in [-0.4, -0.2) is 0 Å². The van der Waals surface area contributed by atoms with E-state index in [0.717, 1.165) is 6.42 Å². The number of fused-ring (bicyclic) bond motifs is 3. The number of benzene rings is 3. The molecular formula is C28H26. The minimum absolute atomic E-state index is 0.113. The molecule has 0 aromatic heterocycles. The molecule has 0 aliphatic heterocycles. The lowest BCUT2D eigenvalue weighted by atomic mass is 9.80. The van der Waals surface area contributed by atoms with Crippen LogP contribution in [-0.2, 0) is 5.41 Å². The lowest BCUT2D eigenvalue weighted by Crippen LogP contribution is -2.16. The van der Waals surface area contributed by atoms with Gasteiger partial charge >= 0.3 is 0 Å². The van der Waals surface area contributed by atoms with Gasteiger partial charge in [0.25, 0.3) is 0 Å². The summed E-state index contributed by atoms with van der Waals surface area (Å²) in [5.74, 6) is 0. The second-order valence-electron chi connectivity index (χ2n) is 8.59. The minimum atomic E-state index is 0.113. The first-order chi connectivity index (χ1) is 13.6. The van der Waals surface area contributed by atoms with Crippen LogP contribution >= 0.6 is 0 Å². The zero-order valence-electron chi connectivity index (χ0n) is 16.9. The maximum atomic E-state index is 2.46. The lowest BCUT2D eigenvalue weighted by molar-refractivity contribution is 0.654. The van der Waals surface area contributed by atoms with Crippen molar-refractivity contribution < 1.29 is 0 Å². The van der Waals surface area contributed by atoms with Crippen molar-refractivity contribution in [3.63, 3.8) is 0 Å². The molecule has 0 spiro atoms. The van der Waals surface area contributed by atoms with Crippen LogP contribution in [0.5, 0.6) is 0 Å². The van der Waals surface area contributed by atoms with Gasteiger partial charge in [-0.05, 0) is 75.9 Å². The van der Waals surface area contributed by atoms with Crippen LogP contribution in [0, 0.1) is 6.92 Å². The predicted molar refractivity (Wildman–Crippen MR) is 120 cm³/mol. The van der Waals surface area contributed by atoms with Crippen LogP contribution in [0.25, 0.3) is 27.8 Å². The zero-order chi connectivity index (χ0) is 19.3. The van der Waals surface area contributed by atoms with E-state index < -0.39 is 0 Å². The summed E-state index contributed by atoms with van der Waals surface area (Å²) >= 11 is 0. The molecule has 5 rings (SSSR count). The third-order valence-electron chi connectivity index (χ3n) is 6.46. The van der Waals surface area contributed by atoms with Crippen LogP contribution < -0.4 is 0 Å². The molecule has 0 heterocycles. The highest BCUT2D eigenvalue weighted by Crippen LogP contribution is 2.52. The van der Waals surface area contributed by atoms with E-state index in [1.54, 1.807) is 0 Å². The Morgan fingerprint density at radius 1 is 0.679 bits per heavy atom. The first-order valence-electron chi connectivity index (χ1n) is 10.3. The van der Waals surface area contributed by atoms with Crippen LogP contribution in [0.1, 0.15) is 43.4 Å². The summed E-state index contributed by atoms with van der Waals surface area (Å²) in [5.41, 5.74) is 12.6. The van der Waals surface area contributed by atoms with Crippen molar-refractivity contribution in [1.82, 2.24) is 0 Å². The maximum Gasteiger partial charge on any atom is 0.0155 e. The normalized spacial score (nSPS) is 16.8. The second-order valence-corrected chi connectivity index (χ2v) is 8.59. The van der Waals surface area contributed by atoms with E-state index in [9.17, 15) is 0 Å². The van der Waals surface area contributed by atoms with Gasteiger partial charge in [0.05, 0.1) is 0 Å². The van der Waals surface area contributed by atoms with Crippen LogP contribution in [0.3, 0.4) is 0 Å². The van der Waals surface area contributed by atoms with Crippen molar-refractivity contribution in [2.75, 3.05) is 0 Å². The Kier molecular flexibility index (Phi) is 3.91. The Balaban J connectivity index is 1.60. The third kappa shape index (κ3) is 2.59. The Hall–Kier alpha value is -2.86. The van der Waals surface area contributed by atoms with E-state index in [4.69, 9.17) is 0 Å². The largest absolute Gasteiger partial charge is 0.0795 e. The van der Waals surface area contributed by atoms with Crippen molar-refractivity contribution in [2.24, 2.45) is 0 Å². The van der Waals surface area contributed by atoms with Crippen LogP contribution in [0.2, 0.25) is 0 Å². The number of aryl methyl sites for hydroxylation is 1. The van der Waals surface area contributed by atoms with Crippen LogP contribution in [0.4, 0.5) is 0 Å². The molecule has 0 heteroatoms. The Labute approximate surface area is 168 Å². The zero-order valence-corrected chi connectivity index (χ0v) is 16.9. The van der Waals surface area contributed by atoms with Crippen molar-refractivity contribution in [1.29, 1.82) is 0 Å². The molecule has 0 atom stereocenters. The van der Waals surface area contributed by atoms with E-state index in [2.05, 4.69) is 99.7 Å². The summed E-state index contributed by atoms with van der Waals surface area (Å²) in [4.78, 5) is 0. The Bertz CT molecular complexity index is 1110. The van der Waals surface area contributed by atoms with Crippen molar-refractivity contribution in [3.05, 3.63) is 101 Å². The van der Waals surface area contributed by atoms with Gasteiger partial charge in [0.1, 0.15) is 0 Å². The van der Waals surface area contributed by atoms with Gasteiger partial charge < -0.3 is 0 Å². The fraction of sp³-hybridized carbons (Fsp3) is 0.214. The maximum absolute atomic E-state index is 2.46. The number of allylic oxidation sites excluding steroid dienone is 4. The fourth-order valence-corrected chi connectivity index (χ4v) is 4.90. The molecule has 2 aliphatic carbocycles. The molecule has 28 heavy (non-hydrogen) atoms. The number of hydrogen-bond donors (Lipinski definition) is 0.